The fourth-order valence-corrected chi connectivity index (χ4v) is 3.49. The van der Waals surface area contributed by atoms with Crippen LogP contribution in [0.4, 0.5) is 0 Å². The molecule has 2 heterocycles. The van der Waals surface area contributed by atoms with Gasteiger partial charge < -0.3 is 4.74 Å². The third kappa shape index (κ3) is 4.01. The van der Waals surface area contributed by atoms with Crippen molar-refractivity contribution >= 4 is 0 Å². The van der Waals surface area contributed by atoms with Crippen molar-refractivity contribution in [3.63, 3.8) is 0 Å². The summed E-state index contributed by atoms with van der Waals surface area (Å²) in [7, 11) is 0. The van der Waals surface area contributed by atoms with Crippen molar-refractivity contribution in [3.05, 3.63) is 77.9 Å². The predicted molar refractivity (Wildman–Crippen MR) is 107 cm³/mol. The van der Waals surface area contributed by atoms with Crippen LogP contribution in [0.2, 0.25) is 0 Å². The number of hydrogen-bond acceptors (Lipinski definition) is 4. The molecule has 1 unspecified atom stereocenters. The van der Waals surface area contributed by atoms with Crippen molar-refractivity contribution in [2.24, 2.45) is 0 Å². The average Bonchev–Trinajstić information content (AvgIpc) is 2.88. The summed E-state index contributed by atoms with van der Waals surface area (Å²) in [6.07, 6.45) is 6.33. The van der Waals surface area contributed by atoms with Crippen molar-refractivity contribution in [1.29, 1.82) is 0 Å². The molecule has 1 aliphatic rings. The minimum Gasteiger partial charge on any atom is -0.492 e. The van der Waals surface area contributed by atoms with Gasteiger partial charge in [-0.25, -0.2) is 9.97 Å². The molecule has 27 heavy (non-hydrogen) atoms. The Balaban J connectivity index is 1.58. The van der Waals surface area contributed by atoms with E-state index in [0.717, 1.165) is 36.4 Å². The van der Waals surface area contributed by atoms with E-state index < -0.39 is 0 Å². The molecule has 4 rings (SSSR count). The molecule has 0 amide bonds. The van der Waals surface area contributed by atoms with Crippen LogP contribution in [-0.2, 0) is 19.5 Å². The Morgan fingerprint density at radius 2 is 1.74 bits per heavy atom. The minimum absolute atomic E-state index is 0.353. The van der Waals surface area contributed by atoms with Crippen LogP contribution in [-0.4, -0.2) is 27.5 Å². The summed E-state index contributed by atoms with van der Waals surface area (Å²) in [5.41, 5.74) is 6.09. The highest BCUT2D eigenvalue weighted by Crippen LogP contribution is 2.30. The van der Waals surface area contributed by atoms with Crippen LogP contribution in [0.3, 0.4) is 0 Å². The number of aromatic nitrogens is 2. The van der Waals surface area contributed by atoms with Crippen LogP contribution in [0.5, 0.6) is 5.75 Å². The van der Waals surface area contributed by atoms with Gasteiger partial charge in [-0.05, 0) is 42.2 Å². The van der Waals surface area contributed by atoms with Gasteiger partial charge in [-0.2, -0.15) is 0 Å². The first-order valence-corrected chi connectivity index (χ1v) is 9.56. The summed E-state index contributed by atoms with van der Waals surface area (Å²) in [5.74, 6) is 0.978. The van der Waals surface area contributed by atoms with Gasteiger partial charge in [0.2, 0.25) is 0 Å². The van der Waals surface area contributed by atoms with Gasteiger partial charge in [0.05, 0.1) is 0 Å². The molecule has 1 atom stereocenters. The number of ether oxygens (including phenoxy) is 1. The number of benzene rings is 2. The number of aryl methyl sites for hydroxylation is 1. The van der Waals surface area contributed by atoms with Crippen LogP contribution in [0.1, 0.15) is 30.5 Å². The summed E-state index contributed by atoms with van der Waals surface area (Å²) in [5, 5.41) is 0. The molecule has 0 radical (unpaired) electrons. The van der Waals surface area contributed by atoms with Gasteiger partial charge in [-0.1, -0.05) is 37.3 Å². The van der Waals surface area contributed by atoms with E-state index >= 15 is 0 Å². The van der Waals surface area contributed by atoms with Gasteiger partial charge in [0.25, 0.3) is 0 Å². The van der Waals surface area contributed by atoms with E-state index in [2.05, 4.69) is 71.2 Å². The molecule has 0 spiro atoms. The second-order valence-electron chi connectivity index (χ2n) is 7.18. The molecule has 0 fully saturated rings. The second kappa shape index (κ2) is 7.89. The monoisotopic (exact) mass is 359 g/mol. The molecular weight excluding hydrogens is 334 g/mol. The molecule has 1 aromatic heterocycles. The highest BCUT2D eigenvalue weighted by atomic mass is 16.5. The normalized spacial score (nSPS) is 17.0. The van der Waals surface area contributed by atoms with Crippen LogP contribution < -0.4 is 4.74 Å². The highest BCUT2D eigenvalue weighted by Gasteiger charge is 2.22. The highest BCUT2D eigenvalue weighted by molar-refractivity contribution is 5.64. The number of nitrogens with zero attached hydrogens (tertiary/aromatic N) is 3. The Morgan fingerprint density at radius 1 is 1.00 bits per heavy atom. The van der Waals surface area contributed by atoms with Gasteiger partial charge in [0.15, 0.2) is 0 Å². The van der Waals surface area contributed by atoms with Gasteiger partial charge in [-0.15, -0.1) is 0 Å². The minimum atomic E-state index is 0.353. The summed E-state index contributed by atoms with van der Waals surface area (Å²) in [6.45, 7) is 6.92. The first-order chi connectivity index (χ1) is 13.2. The van der Waals surface area contributed by atoms with Crippen molar-refractivity contribution in [2.45, 2.75) is 39.4 Å². The zero-order valence-corrected chi connectivity index (χ0v) is 15.9. The van der Waals surface area contributed by atoms with Crippen molar-refractivity contribution in [3.8, 4) is 16.9 Å². The van der Waals surface area contributed by atoms with E-state index in [1.807, 2.05) is 12.4 Å². The molecule has 3 aromatic rings. The van der Waals surface area contributed by atoms with Crippen LogP contribution in [0, 0.1) is 0 Å². The van der Waals surface area contributed by atoms with Crippen LogP contribution in [0.15, 0.2) is 61.2 Å². The number of rotatable bonds is 4. The molecule has 2 aromatic carbocycles. The molecule has 0 aliphatic carbocycles. The summed E-state index contributed by atoms with van der Waals surface area (Å²) in [6, 6.07) is 15.7. The lowest BCUT2D eigenvalue weighted by atomic mass is 10.0. The molecule has 0 bridgehead atoms. The Morgan fingerprint density at radius 3 is 2.48 bits per heavy atom. The van der Waals surface area contributed by atoms with Crippen molar-refractivity contribution in [2.75, 3.05) is 6.61 Å². The molecule has 1 aliphatic heterocycles. The molecule has 0 N–H and O–H groups in total. The van der Waals surface area contributed by atoms with Gasteiger partial charge in [-0.3, -0.25) is 4.90 Å². The lowest BCUT2D eigenvalue weighted by molar-refractivity contribution is 0.151. The number of hydrogen-bond donors (Lipinski definition) is 0. The topological polar surface area (TPSA) is 38.2 Å². The zero-order chi connectivity index (χ0) is 18.6. The van der Waals surface area contributed by atoms with E-state index in [1.54, 1.807) is 6.33 Å². The fourth-order valence-electron chi connectivity index (χ4n) is 3.49. The Bertz CT molecular complexity index is 893. The van der Waals surface area contributed by atoms with Crippen molar-refractivity contribution in [1.82, 2.24) is 14.9 Å². The Kier molecular flexibility index (Phi) is 5.16. The second-order valence-corrected chi connectivity index (χ2v) is 7.18. The van der Waals surface area contributed by atoms with E-state index in [0.29, 0.717) is 12.6 Å². The Hall–Kier alpha value is -2.72. The van der Waals surface area contributed by atoms with Crippen molar-refractivity contribution < 1.29 is 4.74 Å². The van der Waals surface area contributed by atoms with Gasteiger partial charge in [0.1, 0.15) is 18.7 Å². The molecule has 4 nitrogen and oxygen atoms in total. The first kappa shape index (κ1) is 17.7. The summed E-state index contributed by atoms with van der Waals surface area (Å²) < 4.78 is 6.08. The van der Waals surface area contributed by atoms with E-state index in [1.165, 1.54) is 16.7 Å². The fraction of sp³-hybridized carbons (Fsp3) is 0.304. The van der Waals surface area contributed by atoms with Gasteiger partial charge >= 0.3 is 0 Å². The maximum Gasteiger partial charge on any atom is 0.123 e. The molecular formula is C23H25N3O. The Labute approximate surface area is 160 Å². The quantitative estimate of drug-likeness (QED) is 0.688. The molecule has 138 valence electrons. The predicted octanol–water partition coefficient (Wildman–Crippen LogP) is 4.49. The summed E-state index contributed by atoms with van der Waals surface area (Å²) >= 11 is 0. The number of fused-ring (bicyclic) bond motifs is 1. The van der Waals surface area contributed by atoms with E-state index in [9.17, 15) is 0 Å². The first-order valence-electron chi connectivity index (χ1n) is 9.56. The smallest absolute Gasteiger partial charge is 0.123 e. The molecule has 4 heteroatoms. The maximum atomic E-state index is 6.08. The molecule has 0 saturated heterocycles. The van der Waals surface area contributed by atoms with E-state index in [-0.39, 0.29) is 0 Å². The largest absolute Gasteiger partial charge is 0.492 e. The lowest BCUT2D eigenvalue weighted by Gasteiger charge is -2.26. The lowest BCUT2D eigenvalue weighted by Crippen LogP contribution is -2.34. The van der Waals surface area contributed by atoms with Gasteiger partial charge in [0, 0.05) is 42.7 Å². The SMILES string of the molecule is CCc1ccc(CN2Cc3cc(-c4cncnc4)ccc3OCC2C)cc1. The zero-order valence-electron chi connectivity index (χ0n) is 15.9. The van der Waals surface area contributed by atoms with Crippen LogP contribution in [0.25, 0.3) is 11.1 Å². The standard InChI is InChI=1S/C23H25N3O/c1-3-18-4-6-19(7-5-18)13-26-14-21-10-20(22-11-24-16-25-12-22)8-9-23(21)27-15-17(26)2/h4-12,16-17H,3,13-15H2,1-2H3. The average molecular weight is 359 g/mol. The third-order valence-corrected chi connectivity index (χ3v) is 5.25. The van der Waals surface area contributed by atoms with E-state index in [4.69, 9.17) is 4.74 Å². The summed E-state index contributed by atoms with van der Waals surface area (Å²) in [4.78, 5) is 10.8. The molecule has 0 saturated carbocycles. The maximum absolute atomic E-state index is 6.08. The third-order valence-electron chi connectivity index (χ3n) is 5.25. The van der Waals surface area contributed by atoms with Crippen LogP contribution >= 0.6 is 0 Å².